The number of hydrogen-bond donors (Lipinski definition) is 1. The Kier molecular flexibility index (Phi) is 3.63. The standard InChI is InChI=1S/C11H14ClN3S/c1-15-7-8(6-14-15)2-3-10(13)11-9(12)4-5-16-11/h4-7,10H,2-3,13H2,1H3. The topological polar surface area (TPSA) is 43.8 Å². The minimum atomic E-state index is 0.0210. The molecule has 16 heavy (non-hydrogen) atoms. The van der Waals surface area contributed by atoms with Gasteiger partial charge in [0, 0.05) is 24.2 Å². The lowest BCUT2D eigenvalue weighted by atomic mass is 10.1. The second kappa shape index (κ2) is 4.99. The van der Waals surface area contributed by atoms with E-state index in [1.165, 1.54) is 5.56 Å². The molecule has 3 nitrogen and oxygen atoms in total. The van der Waals surface area contributed by atoms with Gasteiger partial charge in [0.05, 0.1) is 11.2 Å². The third-order valence-corrected chi connectivity index (χ3v) is 3.97. The second-order valence-corrected chi connectivity index (χ2v) is 5.16. The zero-order chi connectivity index (χ0) is 11.5. The van der Waals surface area contributed by atoms with Gasteiger partial charge < -0.3 is 5.73 Å². The Morgan fingerprint density at radius 2 is 2.44 bits per heavy atom. The molecule has 0 radical (unpaired) electrons. The lowest BCUT2D eigenvalue weighted by molar-refractivity contribution is 0.661. The van der Waals surface area contributed by atoms with Gasteiger partial charge in [-0.1, -0.05) is 11.6 Å². The van der Waals surface area contributed by atoms with E-state index in [2.05, 4.69) is 5.10 Å². The molecule has 5 heteroatoms. The lowest BCUT2D eigenvalue weighted by Crippen LogP contribution is -2.09. The smallest absolute Gasteiger partial charge is 0.0561 e. The summed E-state index contributed by atoms with van der Waals surface area (Å²) in [6.45, 7) is 0. The van der Waals surface area contributed by atoms with Crippen LogP contribution in [-0.2, 0) is 13.5 Å². The fraction of sp³-hybridized carbons (Fsp3) is 0.364. The van der Waals surface area contributed by atoms with E-state index in [1.54, 1.807) is 16.0 Å². The zero-order valence-corrected chi connectivity index (χ0v) is 10.6. The van der Waals surface area contributed by atoms with Crippen molar-refractivity contribution in [2.24, 2.45) is 12.8 Å². The highest BCUT2D eigenvalue weighted by Gasteiger charge is 2.11. The highest BCUT2D eigenvalue weighted by Crippen LogP contribution is 2.29. The summed E-state index contributed by atoms with van der Waals surface area (Å²) in [7, 11) is 1.92. The van der Waals surface area contributed by atoms with Crippen LogP contribution in [0.15, 0.2) is 23.8 Å². The van der Waals surface area contributed by atoms with E-state index in [4.69, 9.17) is 17.3 Å². The average molecular weight is 256 g/mol. The highest BCUT2D eigenvalue weighted by molar-refractivity contribution is 7.10. The minimum Gasteiger partial charge on any atom is -0.323 e. The molecule has 2 heterocycles. The van der Waals surface area contributed by atoms with E-state index >= 15 is 0 Å². The van der Waals surface area contributed by atoms with Gasteiger partial charge in [0.1, 0.15) is 0 Å². The Bertz CT molecular complexity index is 463. The van der Waals surface area contributed by atoms with Gasteiger partial charge in [0.25, 0.3) is 0 Å². The van der Waals surface area contributed by atoms with Crippen LogP contribution < -0.4 is 5.73 Å². The zero-order valence-electron chi connectivity index (χ0n) is 9.06. The monoisotopic (exact) mass is 255 g/mol. The maximum atomic E-state index is 6.09. The summed E-state index contributed by atoms with van der Waals surface area (Å²) in [6.07, 6.45) is 5.72. The van der Waals surface area contributed by atoms with Crippen LogP contribution in [0.5, 0.6) is 0 Å². The lowest BCUT2D eigenvalue weighted by Gasteiger charge is -2.09. The Hall–Kier alpha value is -0.840. The molecule has 1 atom stereocenters. The largest absolute Gasteiger partial charge is 0.323 e. The first kappa shape index (κ1) is 11.6. The molecule has 0 spiro atoms. The number of aromatic nitrogens is 2. The number of thiophene rings is 1. The number of halogens is 1. The van der Waals surface area contributed by atoms with Gasteiger partial charge in [-0.05, 0) is 29.9 Å². The fourth-order valence-corrected chi connectivity index (χ4v) is 2.86. The maximum absolute atomic E-state index is 6.09. The quantitative estimate of drug-likeness (QED) is 0.913. The maximum Gasteiger partial charge on any atom is 0.0561 e. The average Bonchev–Trinajstić information content (AvgIpc) is 2.84. The molecule has 0 bridgehead atoms. The van der Waals surface area contributed by atoms with Crippen molar-refractivity contribution < 1.29 is 0 Å². The predicted molar refractivity (Wildman–Crippen MR) is 67.8 cm³/mol. The molecule has 2 N–H and O–H groups in total. The molecule has 0 aliphatic carbocycles. The van der Waals surface area contributed by atoms with Crippen molar-refractivity contribution in [1.82, 2.24) is 9.78 Å². The summed E-state index contributed by atoms with van der Waals surface area (Å²) in [5, 5.41) is 6.88. The molecule has 2 rings (SSSR count). The van der Waals surface area contributed by atoms with Crippen molar-refractivity contribution in [1.29, 1.82) is 0 Å². The first-order chi connectivity index (χ1) is 7.66. The summed E-state index contributed by atoms with van der Waals surface area (Å²) in [6, 6.07) is 1.92. The van der Waals surface area contributed by atoms with Gasteiger partial charge in [-0.25, -0.2) is 0 Å². The SMILES string of the molecule is Cn1cc(CCC(N)c2sccc2Cl)cn1. The van der Waals surface area contributed by atoms with E-state index in [9.17, 15) is 0 Å². The first-order valence-corrected chi connectivity index (χ1v) is 6.38. The van der Waals surface area contributed by atoms with Crippen LogP contribution in [0, 0.1) is 0 Å². The summed E-state index contributed by atoms with van der Waals surface area (Å²) < 4.78 is 1.80. The molecule has 2 aromatic rings. The van der Waals surface area contributed by atoms with Gasteiger partial charge in [-0.15, -0.1) is 11.3 Å². The van der Waals surface area contributed by atoms with Gasteiger partial charge in [-0.3, -0.25) is 4.68 Å². The number of nitrogens with two attached hydrogens (primary N) is 1. The van der Waals surface area contributed by atoms with Gasteiger partial charge in [0.15, 0.2) is 0 Å². The van der Waals surface area contributed by atoms with Crippen molar-refractivity contribution in [3.8, 4) is 0 Å². The fourth-order valence-electron chi connectivity index (χ4n) is 1.62. The number of nitrogens with zero attached hydrogens (tertiary/aromatic N) is 2. The van der Waals surface area contributed by atoms with Crippen molar-refractivity contribution in [3.63, 3.8) is 0 Å². The van der Waals surface area contributed by atoms with E-state index in [0.717, 1.165) is 22.7 Å². The summed E-state index contributed by atoms with van der Waals surface area (Å²) in [5.74, 6) is 0. The first-order valence-electron chi connectivity index (χ1n) is 5.13. The summed E-state index contributed by atoms with van der Waals surface area (Å²) >= 11 is 7.65. The Morgan fingerprint density at radius 1 is 1.62 bits per heavy atom. The van der Waals surface area contributed by atoms with E-state index < -0.39 is 0 Å². The molecule has 86 valence electrons. The van der Waals surface area contributed by atoms with E-state index in [-0.39, 0.29) is 6.04 Å². The van der Waals surface area contributed by atoms with Crippen molar-refractivity contribution >= 4 is 22.9 Å². The van der Waals surface area contributed by atoms with Crippen LogP contribution in [0.1, 0.15) is 22.9 Å². The Labute approximate surface area is 104 Å². The summed E-state index contributed by atoms with van der Waals surface area (Å²) in [4.78, 5) is 1.07. The normalized spacial score (nSPS) is 12.9. The van der Waals surface area contributed by atoms with Crippen LogP contribution in [0.3, 0.4) is 0 Å². The van der Waals surface area contributed by atoms with Crippen molar-refractivity contribution in [2.45, 2.75) is 18.9 Å². The third-order valence-electron chi connectivity index (χ3n) is 2.48. The van der Waals surface area contributed by atoms with Crippen LogP contribution in [0.2, 0.25) is 5.02 Å². The molecule has 0 fully saturated rings. The van der Waals surface area contributed by atoms with E-state index in [1.807, 2.05) is 30.9 Å². The summed E-state index contributed by atoms with van der Waals surface area (Å²) in [5.41, 5.74) is 7.31. The van der Waals surface area contributed by atoms with Gasteiger partial charge in [0.2, 0.25) is 0 Å². The molecule has 0 saturated carbocycles. The Morgan fingerprint density at radius 3 is 3.00 bits per heavy atom. The van der Waals surface area contributed by atoms with Gasteiger partial charge in [-0.2, -0.15) is 5.10 Å². The molecular weight excluding hydrogens is 242 g/mol. The Balaban J connectivity index is 1.93. The molecule has 0 amide bonds. The van der Waals surface area contributed by atoms with Crippen molar-refractivity contribution in [3.05, 3.63) is 39.3 Å². The second-order valence-electron chi connectivity index (χ2n) is 3.80. The van der Waals surface area contributed by atoms with Gasteiger partial charge >= 0.3 is 0 Å². The molecular formula is C11H14ClN3S. The number of aryl methyl sites for hydroxylation is 2. The van der Waals surface area contributed by atoms with E-state index in [0.29, 0.717) is 0 Å². The molecule has 0 aromatic carbocycles. The molecule has 2 aromatic heterocycles. The van der Waals surface area contributed by atoms with Crippen LogP contribution in [0.25, 0.3) is 0 Å². The highest BCUT2D eigenvalue weighted by atomic mass is 35.5. The number of rotatable bonds is 4. The number of hydrogen-bond acceptors (Lipinski definition) is 3. The molecule has 1 unspecified atom stereocenters. The van der Waals surface area contributed by atoms with Crippen LogP contribution in [0.4, 0.5) is 0 Å². The molecule has 0 aliphatic rings. The predicted octanol–water partition coefficient (Wildman–Crippen LogP) is 2.77. The third kappa shape index (κ3) is 2.64. The van der Waals surface area contributed by atoms with Crippen molar-refractivity contribution in [2.75, 3.05) is 0 Å². The minimum absolute atomic E-state index is 0.0210. The van der Waals surface area contributed by atoms with Crippen LogP contribution >= 0.6 is 22.9 Å². The van der Waals surface area contributed by atoms with Crippen LogP contribution in [-0.4, -0.2) is 9.78 Å². The molecule has 0 saturated heterocycles. The molecule has 0 aliphatic heterocycles.